The molecule has 0 aliphatic carbocycles. The lowest BCUT2D eigenvalue weighted by Crippen LogP contribution is -2.51. The van der Waals surface area contributed by atoms with Crippen molar-refractivity contribution < 1.29 is 5.11 Å². The van der Waals surface area contributed by atoms with E-state index in [-0.39, 0.29) is 6.61 Å². The molecule has 1 atom stereocenters. The quantitative estimate of drug-likeness (QED) is 0.494. The smallest absolute Gasteiger partial charge is 0.204 e. The van der Waals surface area contributed by atoms with Gasteiger partial charge < -0.3 is 5.11 Å². The van der Waals surface area contributed by atoms with E-state index < -0.39 is 0 Å². The number of rotatable bonds is 4. The average molecular weight is 321 g/mol. The lowest BCUT2D eigenvalue weighted by Gasteiger charge is -2.38. The zero-order valence-corrected chi connectivity index (χ0v) is 13.9. The van der Waals surface area contributed by atoms with Gasteiger partial charge in [-0.2, -0.15) is 5.10 Å². The molecular formula is C15H23N5OS. The van der Waals surface area contributed by atoms with E-state index in [1.165, 1.54) is 0 Å². The molecule has 0 saturated carbocycles. The first-order chi connectivity index (χ1) is 10.6. The summed E-state index contributed by atoms with van der Waals surface area (Å²) in [5.41, 5.74) is 4.51. The first kappa shape index (κ1) is 16.8. The Kier molecular flexibility index (Phi) is 6.23. The average Bonchev–Trinajstić information content (AvgIpc) is 2.59. The van der Waals surface area contributed by atoms with E-state index in [0.29, 0.717) is 11.0 Å². The Balaban J connectivity index is 1.91. The highest BCUT2D eigenvalue weighted by atomic mass is 32.1. The molecule has 0 radical (unpaired) electrons. The number of hydrazone groups is 1. The maximum absolute atomic E-state index is 9.31. The zero-order chi connectivity index (χ0) is 15.9. The summed E-state index contributed by atoms with van der Waals surface area (Å²) >= 11 is 5.38. The van der Waals surface area contributed by atoms with Crippen molar-refractivity contribution in [2.45, 2.75) is 19.8 Å². The van der Waals surface area contributed by atoms with Crippen LogP contribution < -0.4 is 5.43 Å². The van der Waals surface area contributed by atoms with Gasteiger partial charge in [-0.25, -0.2) is 5.01 Å². The third-order valence-electron chi connectivity index (χ3n) is 3.83. The Morgan fingerprint density at radius 3 is 3.09 bits per heavy atom. The molecule has 2 rings (SSSR count). The summed E-state index contributed by atoms with van der Waals surface area (Å²) in [6.07, 6.45) is 3.87. The molecule has 0 amide bonds. The normalized spacial score (nSPS) is 19.8. The number of thiocarbonyl (C=S) groups is 1. The number of aromatic nitrogens is 1. The van der Waals surface area contributed by atoms with Crippen LogP contribution in [0.15, 0.2) is 29.5 Å². The van der Waals surface area contributed by atoms with Crippen molar-refractivity contribution in [2.75, 3.05) is 26.7 Å². The van der Waals surface area contributed by atoms with Crippen LogP contribution in [0.1, 0.15) is 25.5 Å². The number of hydrogen-bond donors (Lipinski definition) is 2. The molecule has 1 aliphatic rings. The molecule has 1 aliphatic heterocycles. The van der Waals surface area contributed by atoms with E-state index in [1.54, 1.807) is 6.20 Å². The van der Waals surface area contributed by atoms with Crippen LogP contribution in [-0.2, 0) is 0 Å². The summed E-state index contributed by atoms with van der Waals surface area (Å²) < 4.78 is 0. The maximum Gasteiger partial charge on any atom is 0.204 e. The van der Waals surface area contributed by atoms with Crippen LogP contribution in [0.25, 0.3) is 0 Å². The van der Waals surface area contributed by atoms with Crippen molar-refractivity contribution >= 4 is 23.0 Å². The number of aliphatic hydroxyl groups is 1. The van der Waals surface area contributed by atoms with Gasteiger partial charge in [-0.15, -0.1) is 0 Å². The Morgan fingerprint density at radius 2 is 2.41 bits per heavy atom. The highest BCUT2D eigenvalue weighted by molar-refractivity contribution is 7.80. The van der Waals surface area contributed by atoms with Gasteiger partial charge >= 0.3 is 0 Å². The fourth-order valence-corrected chi connectivity index (χ4v) is 2.59. The van der Waals surface area contributed by atoms with Gasteiger partial charge in [0.25, 0.3) is 0 Å². The molecule has 0 bridgehead atoms. The van der Waals surface area contributed by atoms with E-state index in [2.05, 4.69) is 20.5 Å². The van der Waals surface area contributed by atoms with Crippen LogP contribution in [-0.4, -0.2) is 57.7 Å². The van der Waals surface area contributed by atoms with Crippen molar-refractivity contribution in [2.24, 2.45) is 11.0 Å². The van der Waals surface area contributed by atoms with Crippen LogP contribution in [0, 0.1) is 5.92 Å². The standard InChI is InChI=1S/C15H23N5OS/c1-12(14-7-3-4-8-16-14)17-18-15(22)19(2)20-9-5-6-13(10-20)11-21/h3-4,7-8,13,21H,5-6,9-11H2,1-2H3,(H,18,22)/b17-12+. The van der Waals surface area contributed by atoms with Crippen molar-refractivity contribution in [3.63, 3.8) is 0 Å². The van der Waals surface area contributed by atoms with Crippen molar-refractivity contribution in [1.29, 1.82) is 0 Å². The summed E-state index contributed by atoms with van der Waals surface area (Å²) in [5.74, 6) is 0.317. The first-order valence-corrected chi connectivity index (χ1v) is 7.87. The fourth-order valence-electron chi connectivity index (χ4n) is 2.43. The third kappa shape index (κ3) is 4.46. The van der Waals surface area contributed by atoms with Crippen molar-refractivity contribution in [1.82, 2.24) is 20.4 Å². The molecule has 6 nitrogen and oxygen atoms in total. The highest BCUT2D eigenvalue weighted by Crippen LogP contribution is 2.16. The summed E-state index contributed by atoms with van der Waals surface area (Å²) in [6, 6.07) is 5.70. The molecule has 1 aromatic heterocycles. The number of hydrogen-bond acceptors (Lipinski definition) is 5. The topological polar surface area (TPSA) is 64.0 Å². The number of hydrazine groups is 1. The van der Waals surface area contributed by atoms with E-state index in [9.17, 15) is 5.11 Å². The largest absolute Gasteiger partial charge is 0.396 e. The number of piperidine rings is 1. The van der Waals surface area contributed by atoms with E-state index in [0.717, 1.165) is 37.3 Å². The Labute approximate surface area is 136 Å². The number of nitrogens with zero attached hydrogens (tertiary/aromatic N) is 4. The van der Waals surface area contributed by atoms with Gasteiger partial charge in [-0.3, -0.25) is 15.4 Å². The van der Waals surface area contributed by atoms with Gasteiger partial charge in [0, 0.05) is 32.9 Å². The SMILES string of the molecule is C/C(=N\NC(=S)N(C)N1CCCC(CO)C1)c1ccccn1. The predicted octanol–water partition coefficient (Wildman–Crippen LogP) is 1.23. The monoisotopic (exact) mass is 321 g/mol. The van der Waals surface area contributed by atoms with Gasteiger partial charge in [0.15, 0.2) is 0 Å². The summed E-state index contributed by atoms with van der Waals surface area (Å²) in [6.45, 7) is 3.87. The summed E-state index contributed by atoms with van der Waals surface area (Å²) in [7, 11) is 1.92. The second-order valence-corrected chi connectivity index (χ2v) is 5.84. The van der Waals surface area contributed by atoms with Crippen LogP contribution in [0.3, 0.4) is 0 Å². The number of pyridine rings is 1. The third-order valence-corrected chi connectivity index (χ3v) is 4.18. The fraction of sp³-hybridized carbons (Fsp3) is 0.533. The van der Waals surface area contributed by atoms with E-state index in [4.69, 9.17) is 12.2 Å². The van der Waals surface area contributed by atoms with Gasteiger partial charge in [-0.1, -0.05) is 6.07 Å². The second-order valence-electron chi connectivity index (χ2n) is 5.46. The van der Waals surface area contributed by atoms with Gasteiger partial charge in [0.1, 0.15) is 0 Å². The van der Waals surface area contributed by atoms with Crippen molar-refractivity contribution in [3.05, 3.63) is 30.1 Å². The number of nitrogens with one attached hydrogen (secondary N) is 1. The summed E-state index contributed by atoms with van der Waals surface area (Å²) in [4.78, 5) is 4.25. The molecule has 22 heavy (non-hydrogen) atoms. The second kappa shape index (κ2) is 8.17. The van der Waals surface area contributed by atoms with E-state index in [1.807, 2.05) is 37.2 Å². The predicted molar refractivity (Wildman–Crippen MR) is 91.3 cm³/mol. The minimum atomic E-state index is 0.224. The number of aliphatic hydroxyl groups excluding tert-OH is 1. The van der Waals surface area contributed by atoms with Gasteiger partial charge in [0.2, 0.25) is 5.11 Å². The lowest BCUT2D eigenvalue weighted by molar-refractivity contribution is 0.00775. The molecule has 1 unspecified atom stereocenters. The van der Waals surface area contributed by atoms with Gasteiger partial charge in [-0.05, 0) is 50.0 Å². The first-order valence-electron chi connectivity index (χ1n) is 7.47. The van der Waals surface area contributed by atoms with Crippen LogP contribution in [0.5, 0.6) is 0 Å². The molecule has 1 saturated heterocycles. The van der Waals surface area contributed by atoms with E-state index >= 15 is 0 Å². The Bertz CT molecular complexity index is 522. The van der Waals surface area contributed by atoms with Gasteiger partial charge in [0.05, 0.1) is 11.4 Å². The maximum atomic E-state index is 9.31. The van der Waals surface area contributed by atoms with Crippen molar-refractivity contribution in [3.8, 4) is 0 Å². The summed E-state index contributed by atoms with van der Waals surface area (Å²) in [5, 5.41) is 18.2. The molecule has 7 heteroatoms. The Hall–Kier alpha value is -1.57. The molecule has 0 spiro atoms. The highest BCUT2D eigenvalue weighted by Gasteiger charge is 2.23. The lowest BCUT2D eigenvalue weighted by atomic mass is 10.0. The minimum Gasteiger partial charge on any atom is -0.396 e. The van der Waals surface area contributed by atoms with Crippen LogP contribution in [0.4, 0.5) is 0 Å². The molecule has 2 heterocycles. The molecular weight excluding hydrogens is 298 g/mol. The molecule has 1 fully saturated rings. The minimum absolute atomic E-state index is 0.224. The molecule has 1 aromatic rings. The molecule has 120 valence electrons. The van der Waals surface area contributed by atoms with Crippen LogP contribution in [0.2, 0.25) is 0 Å². The molecule has 0 aromatic carbocycles. The van der Waals surface area contributed by atoms with Crippen LogP contribution >= 0.6 is 12.2 Å². The Morgan fingerprint density at radius 1 is 1.59 bits per heavy atom. The molecule has 2 N–H and O–H groups in total. The zero-order valence-electron chi connectivity index (χ0n) is 13.1.